The van der Waals surface area contributed by atoms with Gasteiger partial charge < -0.3 is 5.11 Å². The largest absolute Gasteiger partial charge is 0.389 e. The van der Waals surface area contributed by atoms with E-state index in [1.54, 1.807) is 12.1 Å². The van der Waals surface area contributed by atoms with Crippen LogP contribution in [0.15, 0.2) is 24.3 Å². The summed E-state index contributed by atoms with van der Waals surface area (Å²) >= 11 is 12.1. The van der Waals surface area contributed by atoms with Crippen molar-refractivity contribution in [2.75, 3.05) is 0 Å². The molecule has 1 atom stereocenters. The van der Waals surface area contributed by atoms with Crippen LogP contribution in [0.1, 0.15) is 31.2 Å². The lowest BCUT2D eigenvalue weighted by Crippen LogP contribution is -2.00. The van der Waals surface area contributed by atoms with Gasteiger partial charge in [0.2, 0.25) is 0 Å². The molecule has 0 spiro atoms. The summed E-state index contributed by atoms with van der Waals surface area (Å²) in [6.45, 7) is 0. The molecule has 1 aliphatic rings. The number of aliphatic hydroxyl groups is 1. The van der Waals surface area contributed by atoms with Crippen molar-refractivity contribution in [2.45, 2.75) is 31.8 Å². The van der Waals surface area contributed by atoms with Gasteiger partial charge in [-0.1, -0.05) is 35.7 Å². The highest BCUT2D eigenvalue weighted by molar-refractivity contribution is 6.34. The fourth-order valence-corrected chi connectivity index (χ4v) is 2.45. The van der Waals surface area contributed by atoms with E-state index in [9.17, 15) is 5.11 Å². The standard InChI is InChI=1S/C13H14Cl2O/c14-10-5-6-13(15)12(8-10)9-3-1-2-4-11(16)7-9/h5-8,11,16H,1-4H2. The van der Waals surface area contributed by atoms with Crippen LogP contribution in [0.5, 0.6) is 0 Å². The predicted molar refractivity (Wildman–Crippen MR) is 68.9 cm³/mol. The lowest BCUT2D eigenvalue weighted by atomic mass is 10.0. The molecular weight excluding hydrogens is 243 g/mol. The number of rotatable bonds is 1. The third-order valence-electron chi connectivity index (χ3n) is 2.86. The van der Waals surface area contributed by atoms with Crippen molar-refractivity contribution >= 4 is 28.8 Å². The van der Waals surface area contributed by atoms with Crippen molar-refractivity contribution < 1.29 is 5.11 Å². The zero-order valence-corrected chi connectivity index (χ0v) is 10.4. The van der Waals surface area contributed by atoms with E-state index in [0.29, 0.717) is 10.0 Å². The molecule has 3 heteroatoms. The summed E-state index contributed by atoms with van der Waals surface area (Å²) in [5.74, 6) is 0. The third-order valence-corrected chi connectivity index (χ3v) is 3.43. The van der Waals surface area contributed by atoms with Gasteiger partial charge in [-0.05, 0) is 48.6 Å². The van der Waals surface area contributed by atoms with Crippen LogP contribution in [0.25, 0.3) is 5.57 Å². The summed E-state index contributed by atoms with van der Waals surface area (Å²) < 4.78 is 0. The highest BCUT2D eigenvalue weighted by Crippen LogP contribution is 2.32. The minimum Gasteiger partial charge on any atom is -0.389 e. The van der Waals surface area contributed by atoms with Crippen LogP contribution in [-0.2, 0) is 0 Å². The lowest BCUT2D eigenvalue weighted by Gasteiger charge is -2.09. The first-order valence-electron chi connectivity index (χ1n) is 5.51. The first-order valence-corrected chi connectivity index (χ1v) is 6.26. The summed E-state index contributed by atoms with van der Waals surface area (Å²) in [7, 11) is 0. The fourth-order valence-electron chi connectivity index (χ4n) is 2.04. The quantitative estimate of drug-likeness (QED) is 0.794. The van der Waals surface area contributed by atoms with Gasteiger partial charge in [0.1, 0.15) is 0 Å². The van der Waals surface area contributed by atoms with E-state index in [4.69, 9.17) is 23.2 Å². The number of aliphatic hydroxyl groups excluding tert-OH is 1. The van der Waals surface area contributed by atoms with E-state index < -0.39 is 0 Å². The highest BCUT2D eigenvalue weighted by atomic mass is 35.5. The highest BCUT2D eigenvalue weighted by Gasteiger charge is 2.13. The average molecular weight is 257 g/mol. The van der Waals surface area contributed by atoms with E-state index >= 15 is 0 Å². The number of hydrogen-bond donors (Lipinski definition) is 1. The van der Waals surface area contributed by atoms with E-state index in [0.717, 1.165) is 36.8 Å². The SMILES string of the molecule is OC1C=C(c2cc(Cl)ccc2Cl)CCCC1. The first-order chi connectivity index (χ1) is 7.66. The van der Waals surface area contributed by atoms with Gasteiger partial charge in [-0.15, -0.1) is 0 Å². The smallest absolute Gasteiger partial charge is 0.0726 e. The van der Waals surface area contributed by atoms with Crippen molar-refractivity contribution in [3.63, 3.8) is 0 Å². The molecule has 1 aromatic carbocycles. The topological polar surface area (TPSA) is 20.2 Å². The predicted octanol–water partition coefficient (Wildman–Crippen LogP) is 4.31. The zero-order chi connectivity index (χ0) is 11.5. The molecule has 1 N–H and O–H groups in total. The number of allylic oxidation sites excluding steroid dienone is 1. The summed E-state index contributed by atoms with van der Waals surface area (Å²) in [6, 6.07) is 5.45. The Labute approximate surface area is 106 Å². The normalized spacial score (nSPS) is 21.4. The van der Waals surface area contributed by atoms with Gasteiger partial charge >= 0.3 is 0 Å². The summed E-state index contributed by atoms with van der Waals surface area (Å²) in [6.07, 6.45) is 5.49. The van der Waals surface area contributed by atoms with Crippen LogP contribution in [0.2, 0.25) is 10.0 Å². The van der Waals surface area contributed by atoms with Crippen LogP contribution >= 0.6 is 23.2 Å². The average Bonchev–Trinajstić information content (AvgIpc) is 2.46. The Morgan fingerprint density at radius 2 is 2.00 bits per heavy atom. The van der Waals surface area contributed by atoms with Gasteiger partial charge in [0, 0.05) is 10.0 Å². The molecule has 0 radical (unpaired) electrons. The summed E-state index contributed by atoms with van der Waals surface area (Å²) in [5, 5.41) is 11.1. The maximum absolute atomic E-state index is 9.73. The Morgan fingerprint density at radius 3 is 2.81 bits per heavy atom. The molecular formula is C13H14Cl2O. The Hall–Kier alpha value is -0.500. The maximum Gasteiger partial charge on any atom is 0.0726 e. The van der Waals surface area contributed by atoms with Gasteiger partial charge in [0.15, 0.2) is 0 Å². The molecule has 0 saturated carbocycles. The lowest BCUT2D eigenvalue weighted by molar-refractivity contribution is 0.211. The molecule has 0 aromatic heterocycles. The monoisotopic (exact) mass is 256 g/mol. The molecule has 16 heavy (non-hydrogen) atoms. The Kier molecular flexibility index (Phi) is 3.91. The van der Waals surface area contributed by atoms with Gasteiger partial charge in [0.25, 0.3) is 0 Å². The molecule has 1 nitrogen and oxygen atoms in total. The Morgan fingerprint density at radius 1 is 1.19 bits per heavy atom. The van der Waals surface area contributed by atoms with Gasteiger partial charge in [0.05, 0.1) is 6.10 Å². The Bertz CT molecular complexity index is 412. The summed E-state index contributed by atoms with van der Waals surface area (Å²) in [5.41, 5.74) is 2.06. The minimum atomic E-state index is -0.354. The number of halogens is 2. The molecule has 1 aromatic rings. The maximum atomic E-state index is 9.73. The van der Waals surface area contributed by atoms with Crippen molar-refractivity contribution in [1.82, 2.24) is 0 Å². The molecule has 1 aliphatic carbocycles. The second kappa shape index (κ2) is 5.22. The van der Waals surface area contributed by atoms with Crippen molar-refractivity contribution in [3.8, 4) is 0 Å². The molecule has 0 heterocycles. The third kappa shape index (κ3) is 2.79. The molecule has 0 aliphatic heterocycles. The van der Waals surface area contributed by atoms with Crippen molar-refractivity contribution in [2.24, 2.45) is 0 Å². The van der Waals surface area contributed by atoms with Gasteiger partial charge in [-0.2, -0.15) is 0 Å². The van der Waals surface area contributed by atoms with Crippen LogP contribution in [-0.4, -0.2) is 11.2 Å². The zero-order valence-electron chi connectivity index (χ0n) is 8.92. The van der Waals surface area contributed by atoms with Crippen LogP contribution < -0.4 is 0 Å². The van der Waals surface area contributed by atoms with Crippen LogP contribution in [0.4, 0.5) is 0 Å². The van der Waals surface area contributed by atoms with E-state index in [-0.39, 0.29) is 6.10 Å². The second-order valence-corrected chi connectivity index (χ2v) is 4.97. The summed E-state index contributed by atoms with van der Waals surface area (Å²) in [4.78, 5) is 0. The number of benzene rings is 1. The molecule has 2 rings (SSSR count). The molecule has 0 amide bonds. The van der Waals surface area contributed by atoms with Crippen LogP contribution in [0, 0.1) is 0 Å². The molecule has 86 valence electrons. The van der Waals surface area contributed by atoms with E-state index in [2.05, 4.69) is 0 Å². The molecule has 0 saturated heterocycles. The minimum absolute atomic E-state index is 0.354. The van der Waals surface area contributed by atoms with Crippen LogP contribution in [0.3, 0.4) is 0 Å². The van der Waals surface area contributed by atoms with E-state index in [1.807, 2.05) is 12.1 Å². The molecule has 0 fully saturated rings. The Balaban J connectivity index is 2.38. The molecule has 1 unspecified atom stereocenters. The molecule has 0 bridgehead atoms. The number of hydrogen-bond acceptors (Lipinski definition) is 1. The van der Waals surface area contributed by atoms with E-state index in [1.165, 1.54) is 0 Å². The van der Waals surface area contributed by atoms with Gasteiger partial charge in [-0.25, -0.2) is 0 Å². The first kappa shape index (κ1) is 12.0. The van der Waals surface area contributed by atoms with Crippen molar-refractivity contribution in [1.29, 1.82) is 0 Å². The fraction of sp³-hybridized carbons (Fsp3) is 0.385. The van der Waals surface area contributed by atoms with Crippen molar-refractivity contribution in [3.05, 3.63) is 39.9 Å². The van der Waals surface area contributed by atoms with Gasteiger partial charge in [-0.3, -0.25) is 0 Å². The second-order valence-electron chi connectivity index (χ2n) is 4.13.